The van der Waals surface area contributed by atoms with E-state index in [-0.39, 0.29) is 17.6 Å². The molecule has 0 fully saturated rings. The number of carbonyl (C=O) groups is 2. The minimum absolute atomic E-state index is 0.0964. The molecule has 0 unspecified atom stereocenters. The number of carbonyl (C=O) groups excluding carboxylic acids is 2. The fourth-order valence-electron chi connectivity index (χ4n) is 2.20. The summed E-state index contributed by atoms with van der Waals surface area (Å²) in [6, 6.07) is 5.43. The Bertz CT molecular complexity index is 514. The predicted octanol–water partition coefficient (Wildman–Crippen LogP) is 3.12. The first-order chi connectivity index (χ1) is 10.8. The highest BCUT2D eigenvalue weighted by Gasteiger charge is 2.24. The van der Waals surface area contributed by atoms with Crippen LogP contribution < -0.4 is 5.32 Å². The van der Waals surface area contributed by atoms with Gasteiger partial charge in [0.15, 0.2) is 0 Å². The molecule has 1 aromatic carbocycles. The van der Waals surface area contributed by atoms with E-state index >= 15 is 0 Å². The van der Waals surface area contributed by atoms with Crippen molar-refractivity contribution in [2.45, 2.75) is 53.1 Å². The van der Waals surface area contributed by atoms with E-state index in [2.05, 4.69) is 19.2 Å². The van der Waals surface area contributed by atoms with Crippen molar-refractivity contribution in [3.8, 4) is 0 Å². The van der Waals surface area contributed by atoms with Gasteiger partial charge in [-0.3, -0.25) is 9.59 Å². The molecule has 0 heterocycles. The molecule has 4 nitrogen and oxygen atoms in total. The number of nitrogens with zero attached hydrogens (tertiary/aromatic N) is 1. The monoisotopic (exact) mass is 322 g/mol. The van der Waals surface area contributed by atoms with Gasteiger partial charge < -0.3 is 10.2 Å². The Labute approximate surface area is 138 Å². The number of halogens is 1. The van der Waals surface area contributed by atoms with E-state index in [1.807, 2.05) is 0 Å². The summed E-state index contributed by atoms with van der Waals surface area (Å²) in [5, 5.41) is 2.88. The van der Waals surface area contributed by atoms with E-state index in [9.17, 15) is 14.0 Å². The molecule has 1 N–H and O–H groups in total. The first-order valence-corrected chi connectivity index (χ1v) is 8.16. The third-order valence-electron chi connectivity index (χ3n) is 3.76. The zero-order valence-corrected chi connectivity index (χ0v) is 14.4. The predicted molar refractivity (Wildman–Crippen MR) is 89.2 cm³/mol. The Morgan fingerprint density at radius 1 is 1.17 bits per heavy atom. The van der Waals surface area contributed by atoms with E-state index in [0.717, 1.165) is 12.0 Å². The van der Waals surface area contributed by atoms with Crippen molar-refractivity contribution in [1.82, 2.24) is 10.2 Å². The van der Waals surface area contributed by atoms with Crippen LogP contribution in [0.3, 0.4) is 0 Å². The molecule has 0 aliphatic rings. The molecule has 0 aromatic heterocycles. The van der Waals surface area contributed by atoms with Gasteiger partial charge in [0.25, 0.3) is 0 Å². The van der Waals surface area contributed by atoms with E-state index < -0.39 is 6.04 Å². The van der Waals surface area contributed by atoms with Crippen molar-refractivity contribution < 1.29 is 14.0 Å². The Morgan fingerprint density at radius 3 is 2.30 bits per heavy atom. The lowest BCUT2D eigenvalue weighted by Crippen LogP contribution is -2.47. The quantitative estimate of drug-likeness (QED) is 0.799. The second-order valence-electron chi connectivity index (χ2n) is 6.15. The lowest BCUT2D eigenvalue weighted by molar-refractivity contribution is -0.140. The average molecular weight is 322 g/mol. The molecule has 0 radical (unpaired) electrons. The first-order valence-electron chi connectivity index (χ1n) is 8.16. The molecular weight excluding hydrogens is 295 g/mol. The average Bonchev–Trinajstić information content (AvgIpc) is 2.52. The van der Waals surface area contributed by atoms with Gasteiger partial charge in [0.05, 0.1) is 0 Å². The normalized spacial score (nSPS) is 12.1. The van der Waals surface area contributed by atoms with Gasteiger partial charge in [-0.15, -0.1) is 0 Å². The summed E-state index contributed by atoms with van der Waals surface area (Å²) in [4.78, 5) is 26.0. The highest BCUT2D eigenvalue weighted by Crippen LogP contribution is 2.12. The summed E-state index contributed by atoms with van der Waals surface area (Å²) in [6.45, 7) is 8.58. The van der Waals surface area contributed by atoms with Gasteiger partial charge in [-0.2, -0.15) is 0 Å². The van der Waals surface area contributed by atoms with Crippen molar-refractivity contribution in [3.05, 3.63) is 35.6 Å². The van der Waals surface area contributed by atoms with Crippen LogP contribution in [0.4, 0.5) is 4.39 Å². The Kier molecular flexibility index (Phi) is 7.72. The fraction of sp³-hybridized carbons (Fsp3) is 0.556. The van der Waals surface area contributed by atoms with Gasteiger partial charge in [-0.05, 0) is 37.0 Å². The summed E-state index contributed by atoms with van der Waals surface area (Å²) < 4.78 is 13.0. The SMILES string of the molecule is CCC(=O)N(Cc1ccc(F)cc1)[C@H](C)C(=O)NCCC(C)C. The molecule has 0 saturated heterocycles. The second kappa shape index (κ2) is 9.28. The van der Waals surface area contributed by atoms with E-state index in [1.165, 1.54) is 17.0 Å². The van der Waals surface area contributed by atoms with Crippen molar-refractivity contribution in [1.29, 1.82) is 0 Å². The van der Waals surface area contributed by atoms with E-state index in [0.29, 0.717) is 25.4 Å². The van der Waals surface area contributed by atoms with Gasteiger partial charge in [0.1, 0.15) is 11.9 Å². The smallest absolute Gasteiger partial charge is 0.242 e. The summed E-state index contributed by atoms with van der Waals surface area (Å²) in [6.07, 6.45) is 1.23. The maximum Gasteiger partial charge on any atom is 0.242 e. The molecule has 0 aliphatic carbocycles. The molecule has 2 amide bonds. The molecule has 1 rings (SSSR count). The standard InChI is InChI=1S/C18H27FN2O2/c1-5-17(22)21(12-15-6-8-16(19)9-7-15)14(4)18(23)20-11-10-13(2)3/h6-9,13-14H,5,10-12H2,1-4H3,(H,20,23)/t14-/m1/s1. The number of amides is 2. The Hall–Kier alpha value is -1.91. The van der Waals surface area contributed by atoms with Crippen molar-refractivity contribution in [3.63, 3.8) is 0 Å². The number of nitrogens with one attached hydrogen (secondary N) is 1. The summed E-state index contributed by atoms with van der Waals surface area (Å²) in [5.41, 5.74) is 0.801. The third-order valence-corrected chi connectivity index (χ3v) is 3.76. The van der Waals surface area contributed by atoms with Crippen molar-refractivity contribution in [2.75, 3.05) is 6.54 Å². The van der Waals surface area contributed by atoms with Crippen molar-refractivity contribution >= 4 is 11.8 Å². The zero-order chi connectivity index (χ0) is 17.4. The van der Waals surface area contributed by atoms with Gasteiger partial charge in [-0.25, -0.2) is 4.39 Å². The second-order valence-corrected chi connectivity index (χ2v) is 6.15. The number of hydrogen-bond acceptors (Lipinski definition) is 2. The molecule has 23 heavy (non-hydrogen) atoms. The van der Waals surface area contributed by atoms with Crippen LogP contribution in [0.25, 0.3) is 0 Å². The van der Waals surface area contributed by atoms with Crippen LogP contribution >= 0.6 is 0 Å². The van der Waals surface area contributed by atoms with Crippen LogP contribution in [0.2, 0.25) is 0 Å². The number of benzene rings is 1. The molecule has 0 aliphatic heterocycles. The van der Waals surface area contributed by atoms with Crippen LogP contribution in [-0.2, 0) is 16.1 Å². The molecule has 0 saturated carbocycles. The van der Waals surface area contributed by atoms with Crippen LogP contribution in [-0.4, -0.2) is 29.3 Å². The summed E-state index contributed by atoms with van der Waals surface area (Å²) in [5.74, 6) is -0.0600. The maximum absolute atomic E-state index is 13.0. The van der Waals surface area contributed by atoms with Gasteiger partial charge in [-0.1, -0.05) is 32.9 Å². The molecule has 128 valence electrons. The van der Waals surface area contributed by atoms with Gasteiger partial charge >= 0.3 is 0 Å². The first kappa shape index (κ1) is 19.1. The molecule has 1 aromatic rings. The number of hydrogen-bond donors (Lipinski definition) is 1. The zero-order valence-electron chi connectivity index (χ0n) is 14.4. The molecule has 0 bridgehead atoms. The van der Waals surface area contributed by atoms with Gasteiger partial charge in [0.2, 0.25) is 11.8 Å². The van der Waals surface area contributed by atoms with Gasteiger partial charge in [0, 0.05) is 19.5 Å². The van der Waals surface area contributed by atoms with Crippen LogP contribution in [0.5, 0.6) is 0 Å². The number of rotatable bonds is 8. The Balaban J connectivity index is 2.74. The Morgan fingerprint density at radius 2 is 1.78 bits per heavy atom. The fourth-order valence-corrected chi connectivity index (χ4v) is 2.20. The van der Waals surface area contributed by atoms with Crippen LogP contribution in [0.15, 0.2) is 24.3 Å². The summed E-state index contributed by atoms with van der Waals surface area (Å²) >= 11 is 0. The summed E-state index contributed by atoms with van der Waals surface area (Å²) in [7, 11) is 0. The third kappa shape index (κ3) is 6.38. The lowest BCUT2D eigenvalue weighted by Gasteiger charge is -2.28. The largest absolute Gasteiger partial charge is 0.354 e. The molecule has 5 heteroatoms. The molecule has 0 spiro atoms. The molecule has 1 atom stereocenters. The maximum atomic E-state index is 13.0. The highest BCUT2D eigenvalue weighted by molar-refractivity contribution is 5.87. The topological polar surface area (TPSA) is 49.4 Å². The minimum Gasteiger partial charge on any atom is -0.354 e. The van der Waals surface area contributed by atoms with Crippen LogP contribution in [0, 0.1) is 11.7 Å². The minimum atomic E-state index is -0.556. The van der Waals surface area contributed by atoms with E-state index in [1.54, 1.807) is 26.0 Å². The van der Waals surface area contributed by atoms with Crippen molar-refractivity contribution in [2.24, 2.45) is 5.92 Å². The van der Waals surface area contributed by atoms with Crippen LogP contribution in [0.1, 0.15) is 46.1 Å². The molecular formula is C18H27FN2O2. The van der Waals surface area contributed by atoms with E-state index in [4.69, 9.17) is 0 Å². The lowest BCUT2D eigenvalue weighted by atomic mass is 10.1. The highest BCUT2D eigenvalue weighted by atomic mass is 19.1.